The van der Waals surface area contributed by atoms with Gasteiger partial charge in [-0.1, -0.05) is 6.08 Å². The van der Waals surface area contributed by atoms with Crippen molar-refractivity contribution >= 4 is 5.91 Å². The van der Waals surface area contributed by atoms with Crippen LogP contribution in [0, 0.1) is 0 Å². The van der Waals surface area contributed by atoms with Gasteiger partial charge in [0.25, 0.3) is 5.91 Å². The number of aromatic amines is 1. The van der Waals surface area contributed by atoms with Gasteiger partial charge in [0.2, 0.25) is 0 Å². The van der Waals surface area contributed by atoms with Crippen molar-refractivity contribution in [3.05, 3.63) is 60.0 Å². The molecule has 1 atom stereocenters. The molecule has 0 saturated heterocycles. The zero-order chi connectivity index (χ0) is 15.5. The van der Waals surface area contributed by atoms with Gasteiger partial charge in [-0.25, -0.2) is 0 Å². The van der Waals surface area contributed by atoms with Crippen LogP contribution in [0.25, 0.3) is 11.3 Å². The van der Waals surface area contributed by atoms with Crippen LogP contribution >= 0.6 is 0 Å². The van der Waals surface area contributed by atoms with Gasteiger partial charge in [-0.3, -0.25) is 9.89 Å². The standard InChI is InChI=1S/C16H15N3O3/c20-12-5-1-10(2-6-12)14-9-15(19-18-14)16(22)17-11-3-7-13(21)8-4-11/h1-3,5-9,11,20-21H,4H2,(H,17,22)(H,18,19). The minimum Gasteiger partial charge on any atom is -0.508 e. The molecular weight excluding hydrogens is 282 g/mol. The molecule has 1 unspecified atom stereocenters. The highest BCUT2D eigenvalue weighted by Gasteiger charge is 2.15. The molecule has 6 heteroatoms. The molecular formula is C16H15N3O3. The molecule has 112 valence electrons. The van der Waals surface area contributed by atoms with Crippen LogP contribution in [0.3, 0.4) is 0 Å². The number of carbonyl (C=O) groups excluding carboxylic acids is 1. The van der Waals surface area contributed by atoms with Crippen LogP contribution in [-0.4, -0.2) is 32.4 Å². The van der Waals surface area contributed by atoms with E-state index in [9.17, 15) is 15.0 Å². The molecule has 0 aliphatic heterocycles. The molecule has 2 aromatic rings. The zero-order valence-corrected chi connectivity index (χ0v) is 11.7. The number of carbonyl (C=O) groups is 1. The maximum Gasteiger partial charge on any atom is 0.269 e. The van der Waals surface area contributed by atoms with Gasteiger partial charge in [-0.05, 0) is 48.9 Å². The Labute approximate surface area is 126 Å². The van der Waals surface area contributed by atoms with Gasteiger partial charge >= 0.3 is 0 Å². The first-order valence-electron chi connectivity index (χ1n) is 6.85. The largest absolute Gasteiger partial charge is 0.508 e. The topological polar surface area (TPSA) is 98.2 Å². The highest BCUT2D eigenvalue weighted by Crippen LogP contribution is 2.20. The van der Waals surface area contributed by atoms with Gasteiger partial charge in [-0.2, -0.15) is 5.10 Å². The zero-order valence-electron chi connectivity index (χ0n) is 11.7. The molecule has 0 bridgehead atoms. The number of aromatic nitrogens is 2. The van der Waals surface area contributed by atoms with E-state index in [4.69, 9.17) is 0 Å². The number of aromatic hydroxyl groups is 1. The molecule has 6 nitrogen and oxygen atoms in total. The molecule has 0 radical (unpaired) electrons. The fourth-order valence-electron chi connectivity index (χ4n) is 2.18. The smallest absolute Gasteiger partial charge is 0.269 e. The summed E-state index contributed by atoms with van der Waals surface area (Å²) in [5, 5.41) is 28.2. The van der Waals surface area contributed by atoms with Gasteiger partial charge in [0, 0.05) is 5.56 Å². The minimum absolute atomic E-state index is 0.149. The summed E-state index contributed by atoms with van der Waals surface area (Å²) >= 11 is 0. The second-order valence-corrected chi connectivity index (χ2v) is 5.02. The van der Waals surface area contributed by atoms with Crippen molar-refractivity contribution in [3.8, 4) is 17.0 Å². The van der Waals surface area contributed by atoms with Crippen LogP contribution in [0.1, 0.15) is 16.9 Å². The average Bonchev–Trinajstić information content (AvgIpc) is 3.00. The van der Waals surface area contributed by atoms with E-state index in [1.807, 2.05) is 0 Å². The van der Waals surface area contributed by atoms with E-state index in [2.05, 4.69) is 15.5 Å². The van der Waals surface area contributed by atoms with Crippen LogP contribution in [0.5, 0.6) is 5.75 Å². The average molecular weight is 297 g/mol. The summed E-state index contributed by atoms with van der Waals surface area (Å²) in [6.07, 6.45) is 5.50. The summed E-state index contributed by atoms with van der Waals surface area (Å²) in [5.41, 5.74) is 1.79. The van der Waals surface area contributed by atoms with E-state index in [-0.39, 0.29) is 23.5 Å². The van der Waals surface area contributed by atoms with Gasteiger partial charge in [0.15, 0.2) is 0 Å². The molecule has 0 saturated carbocycles. The number of allylic oxidation sites excluding steroid dienone is 1. The molecule has 1 aliphatic rings. The van der Waals surface area contributed by atoms with Crippen LogP contribution in [0.4, 0.5) is 0 Å². The lowest BCUT2D eigenvalue weighted by molar-refractivity contribution is 0.0939. The van der Waals surface area contributed by atoms with Gasteiger partial charge in [0.05, 0.1) is 11.7 Å². The molecule has 22 heavy (non-hydrogen) atoms. The number of hydrogen-bond acceptors (Lipinski definition) is 4. The van der Waals surface area contributed by atoms with Crippen LogP contribution in [-0.2, 0) is 0 Å². The number of phenols is 1. The van der Waals surface area contributed by atoms with E-state index >= 15 is 0 Å². The highest BCUT2D eigenvalue weighted by atomic mass is 16.3. The second kappa shape index (κ2) is 5.77. The predicted octanol–water partition coefficient (Wildman–Crippen LogP) is 2.28. The molecule has 1 aliphatic carbocycles. The Bertz CT molecular complexity index is 744. The number of H-pyrrole nitrogens is 1. The van der Waals surface area contributed by atoms with Crippen molar-refractivity contribution in [1.82, 2.24) is 15.5 Å². The number of aliphatic hydroxyl groups is 1. The fraction of sp³-hybridized carbons (Fsp3) is 0.125. The maximum atomic E-state index is 12.2. The van der Waals surface area contributed by atoms with E-state index in [1.165, 1.54) is 0 Å². The second-order valence-electron chi connectivity index (χ2n) is 5.02. The molecule has 1 heterocycles. The van der Waals surface area contributed by atoms with Crippen LogP contribution in [0.15, 0.2) is 54.3 Å². The summed E-state index contributed by atoms with van der Waals surface area (Å²) in [4.78, 5) is 12.2. The summed E-state index contributed by atoms with van der Waals surface area (Å²) < 4.78 is 0. The third-order valence-corrected chi connectivity index (χ3v) is 3.38. The number of aliphatic hydroxyl groups excluding tert-OH is 1. The molecule has 1 aromatic carbocycles. The van der Waals surface area contributed by atoms with E-state index in [0.717, 1.165) is 5.56 Å². The number of amides is 1. The first-order chi connectivity index (χ1) is 10.6. The molecule has 1 amide bonds. The summed E-state index contributed by atoms with van der Waals surface area (Å²) in [5.74, 6) is 0.126. The van der Waals surface area contributed by atoms with Crippen molar-refractivity contribution in [2.24, 2.45) is 0 Å². The fourth-order valence-corrected chi connectivity index (χ4v) is 2.18. The Morgan fingerprint density at radius 3 is 2.73 bits per heavy atom. The van der Waals surface area contributed by atoms with Crippen molar-refractivity contribution in [2.45, 2.75) is 12.5 Å². The number of nitrogens with zero attached hydrogens (tertiary/aromatic N) is 1. The van der Waals surface area contributed by atoms with Gasteiger partial charge < -0.3 is 15.5 Å². The first-order valence-corrected chi connectivity index (χ1v) is 6.85. The maximum absolute atomic E-state index is 12.2. The third kappa shape index (κ3) is 3.01. The number of rotatable bonds is 3. The van der Waals surface area contributed by atoms with Crippen molar-refractivity contribution in [1.29, 1.82) is 0 Å². The number of hydrogen-bond donors (Lipinski definition) is 4. The highest BCUT2D eigenvalue weighted by molar-refractivity contribution is 5.93. The lowest BCUT2D eigenvalue weighted by atomic mass is 10.1. The molecule has 0 fully saturated rings. The quantitative estimate of drug-likeness (QED) is 0.698. The van der Waals surface area contributed by atoms with Crippen molar-refractivity contribution < 1.29 is 15.0 Å². The summed E-state index contributed by atoms with van der Waals surface area (Å²) in [7, 11) is 0. The Balaban J connectivity index is 1.69. The van der Waals surface area contributed by atoms with Gasteiger partial charge in [0.1, 0.15) is 17.2 Å². The lowest BCUT2D eigenvalue weighted by Gasteiger charge is -2.15. The molecule has 3 rings (SSSR count). The molecule has 4 N–H and O–H groups in total. The summed E-state index contributed by atoms with van der Waals surface area (Å²) in [6, 6.07) is 8.09. The van der Waals surface area contributed by atoms with Crippen LogP contribution in [0.2, 0.25) is 0 Å². The number of benzene rings is 1. The van der Waals surface area contributed by atoms with E-state index in [0.29, 0.717) is 17.8 Å². The monoisotopic (exact) mass is 297 g/mol. The molecule has 0 spiro atoms. The van der Waals surface area contributed by atoms with Crippen molar-refractivity contribution in [2.75, 3.05) is 0 Å². The normalized spacial score (nSPS) is 17.1. The first kappa shape index (κ1) is 13.9. The van der Waals surface area contributed by atoms with Crippen LogP contribution < -0.4 is 5.32 Å². The molecule has 1 aromatic heterocycles. The predicted molar refractivity (Wildman–Crippen MR) is 81.4 cm³/mol. The summed E-state index contributed by atoms with van der Waals surface area (Å²) in [6.45, 7) is 0. The minimum atomic E-state index is -0.262. The SMILES string of the molecule is O=C(NC1C=CC(O)=CC1)c1cc(-c2ccc(O)cc2)n[nH]1. The van der Waals surface area contributed by atoms with E-state index < -0.39 is 0 Å². The Hall–Kier alpha value is -3.02. The van der Waals surface area contributed by atoms with Crippen molar-refractivity contribution in [3.63, 3.8) is 0 Å². The lowest BCUT2D eigenvalue weighted by Crippen LogP contribution is -2.34. The Morgan fingerprint density at radius 1 is 1.27 bits per heavy atom. The van der Waals surface area contributed by atoms with E-state index in [1.54, 1.807) is 48.6 Å². The van der Waals surface area contributed by atoms with Gasteiger partial charge in [-0.15, -0.1) is 0 Å². The third-order valence-electron chi connectivity index (χ3n) is 3.38. The Morgan fingerprint density at radius 2 is 2.05 bits per heavy atom. The number of phenolic OH excluding ortho intramolecular Hbond substituents is 1. The number of nitrogens with one attached hydrogen (secondary N) is 2. The Kier molecular flexibility index (Phi) is 3.65.